The molecule has 94 valence electrons. The van der Waals surface area contributed by atoms with Gasteiger partial charge in [-0.05, 0) is 30.5 Å². The van der Waals surface area contributed by atoms with Gasteiger partial charge < -0.3 is 4.42 Å². The highest BCUT2D eigenvalue weighted by Crippen LogP contribution is 2.32. The van der Waals surface area contributed by atoms with Crippen molar-refractivity contribution in [2.45, 2.75) is 25.8 Å². The second kappa shape index (κ2) is 4.39. The van der Waals surface area contributed by atoms with Crippen molar-refractivity contribution in [1.82, 2.24) is 4.57 Å². The Labute approximate surface area is 111 Å². The molecular formula is C13H12BrNO3. The normalized spacial score (nSPS) is 15.2. The zero-order valence-electron chi connectivity index (χ0n) is 9.69. The lowest BCUT2D eigenvalue weighted by Gasteiger charge is -2.08. The van der Waals surface area contributed by atoms with Gasteiger partial charge in [0, 0.05) is 11.0 Å². The predicted octanol–water partition coefficient (Wildman–Crippen LogP) is 2.52. The van der Waals surface area contributed by atoms with Gasteiger partial charge in [0.25, 0.3) is 0 Å². The van der Waals surface area contributed by atoms with E-state index < -0.39 is 11.4 Å². The standard InChI is InChI=1S/C13H12BrNO3/c14-9-3-4-10-11(7-9)15(6-5-8-1-2-8)13(17)18-12(10)16/h3-4,7-8H,1-2,5-6H2. The maximum Gasteiger partial charge on any atom is 0.422 e. The molecular weight excluding hydrogens is 298 g/mol. The van der Waals surface area contributed by atoms with Crippen LogP contribution in [0, 0.1) is 5.92 Å². The number of nitrogens with zero attached hydrogens (tertiary/aromatic N) is 1. The molecule has 0 atom stereocenters. The number of hydrogen-bond acceptors (Lipinski definition) is 3. The highest BCUT2D eigenvalue weighted by Gasteiger charge is 2.21. The highest BCUT2D eigenvalue weighted by atomic mass is 79.9. The number of halogens is 1. The van der Waals surface area contributed by atoms with E-state index in [2.05, 4.69) is 15.9 Å². The van der Waals surface area contributed by atoms with Crippen molar-refractivity contribution < 1.29 is 4.42 Å². The lowest BCUT2D eigenvalue weighted by atomic mass is 10.2. The summed E-state index contributed by atoms with van der Waals surface area (Å²) in [6.45, 7) is 0.611. The van der Waals surface area contributed by atoms with E-state index >= 15 is 0 Å². The van der Waals surface area contributed by atoms with Crippen LogP contribution in [0.3, 0.4) is 0 Å². The molecule has 1 aliphatic rings. The molecule has 1 saturated carbocycles. The Morgan fingerprint density at radius 2 is 2.11 bits per heavy atom. The molecule has 1 fully saturated rings. The van der Waals surface area contributed by atoms with Crippen LogP contribution in [-0.4, -0.2) is 4.57 Å². The first-order valence-electron chi connectivity index (χ1n) is 5.98. The van der Waals surface area contributed by atoms with E-state index in [1.54, 1.807) is 22.8 Å². The van der Waals surface area contributed by atoms with E-state index in [9.17, 15) is 9.59 Å². The molecule has 0 saturated heterocycles. The number of benzene rings is 1. The third-order valence-electron chi connectivity index (χ3n) is 3.33. The van der Waals surface area contributed by atoms with Gasteiger partial charge in [0.15, 0.2) is 0 Å². The van der Waals surface area contributed by atoms with Gasteiger partial charge in [-0.15, -0.1) is 0 Å². The smallest absolute Gasteiger partial charge is 0.372 e. The number of hydrogen-bond donors (Lipinski definition) is 0. The number of aryl methyl sites for hydroxylation is 1. The molecule has 0 bridgehead atoms. The molecule has 0 aliphatic heterocycles. The second-order valence-electron chi connectivity index (χ2n) is 4.70. The largest absolute Gasteiger partial charge is 0.422 e. The Kier molecular flexibility index (Phi) is 2.86. The molecule has 0 spiro atoms. The Morgan fingerprint density at radius 3 is 2.83 bits per heavy atom. The van der Waals surface area contributed by atoms with Crippen molar-refractivity contribution >= 4 is 26.8 Å². The summed E-state index contributed by atoms with van der Waals surface area (Å²) in [5.74, 6) is 0.164. The van der Waals surface area contributed by atoms with E-state index in [0.717, 1.165) is 16.8 Å². The topological polar surface area (TPSA) is 52.2 Å². The quantitative estimate of drug-likeness (QED) is 0.875. The van der Waals surface area contributed by atoms with Crippen LogP contribution in [0.25, 0.3) is 10.9 Å². The molecule has 3 rings (SSSR count). The zero-order valence-corrected chi connectivity index (χ0v) is 11.3. The number of rotatable bonds is 3. The van der Waals surface area contributed by atoms with E-state index in [0.29, 0.717) is 17.4 Å². The molecule has 2 aromatic rings. The van der Waals surface area contributed by atoms with Gasteiger partial charge in [0.05, 0.1) is 10.9 Å². The van der Waals surface area contributed by atoms with Crippen LogP contribution in [0.4, 0.5) is 0 Å². The monoisotopic (exact) mass is 309 g/mol. The Hall–Kier alpha value is -1.36. The molecule has 1 heterocycles. The van der Waals surface area contributed by atoms with Crippen molar-refractivity contribution in [2.24, 2.45) is 5.92 Å². The van der Waals surface area contributed by atoms with E-state index in [4.69, 9.17) is 4.42 Å². The van der Waals surface area contributed by atoms with Gasteiger partial charge in [0.1, 0.15) is 0 Å². The van der Waals surface area contributed by atoms with Crippen molar-refractivity contribution in [1.29, 1.82) is 0 Å². The summed E-state index contributed by atoms with van der Waals surface area (Å²) in [4.78, 5) is 23.4. The zero-order chi connectivity index (χ0) is 12.7. The molecule has 1 aromatic carbocycles. The van der Waals surface area contributed by atoms with Crippen LogP contribution >= 0.6 is 15.9 Å². The van der Waals surface area contributed by atoms with Gasteiger partial charge in [-0.25, -0.2) is 9.59 Å². The van der Waals surface area contributed by atoms with E-state index in [1.165, 1.54) is 12.8 Å². The Bertz CT molecular complexity index is 712. The molecule has 18 heavy (non-hydrogen) atoms. The fourth-order valence-corrected chi connectivity index (χ4v) is 2.47. The minimum absolute atomic E-state index is 0.452. The van der Waals surface area contributed by atoms with Crippen LogP contribution in [0.15, 0.2) is 36.7 Å². The maximum atomic E-state index is 11.8. The Balaban J connectivity index is 2.17. The van der Waals surface area contributed by atoms with Crippen LogP contribution in [0.5, 0.6) is 0 Å². The molecule has 1 aromatic heterocycles. The SMILES string of the molecule is O=c1oc(=O)n(CCC2CC2)c2cc(Br)ccc12. The third kappa shape index (κ3) is 2.14. The fraction of sp³-hybridized carbons (Fsp3) is 0.385. The number of fused-ring (bicyclic) bond motifs is 1. The first-order chi connectivity index (χ1) is 8.65. The van der Waals surface area contributed by atoms with Crippen molar-refractivity contribution in [3.63, 3.8) is 0 Å². The fourth-order valence-electron chi connectivity index (χ4n) is 2.12. The molecule has 1 aliphatic carbocycles. The minimum atomic E-state index is -0.565. The summed E-state index contributed by atoms with van der Waals surface area (Å²) in [6, 6.07) is 5.24. The first-order valence-corrected chi connectivity index (χ1v) is 6.77. The summed E-state index contributed by atoms with van der Waals surface area (Å²) in [6.07, 6.45) is 3.45. The third-order valence-corrected chi connectivity index (χ3v) is 3.82. The second-order valence-corrected chi connectivity index (χ2v) is 5.62. The Morgan fingerprint density at radius 1 is 1.33 bits per heavy atom. The van der Waals surface area contributed by atoms with Crippen molar-refractivity contribution in [2.75, 3.05) is 0 Å². The molecule has 5 heteroatoms. The average Bonchev–Trinajstić information content (AvgIpc) is 3.12. The van der Waals surface area contributed by atoms with Crippen LogP contribution < -0.4 is 11.4 Å². The maximum absolute atomic E-state index is 11.8. The minimum Gasteiger partial charge on any atom is -0.372 e. The van der Waals surface area contributed by atoms with Gasteiger partial charge in [-0.3, -0.25) is 4.57 Å². The summed E-state index contributed by atoms with van der Waals surface area (Å²) in [5, 5.41) is 0.452. The predicted molar refractivity (Wildman–Crippen MR) is 71.8 cm³/mol. The van der Waals surface area contributed by atoms with Crippen molar-refractivity contribution in [3.8, 4) is 0 Å². The summed E-state index contributed by atoms with van der Waals surface area (Å²) < 4.78 is 7.15. The molecule has 0 radical (unpaired) electrons. The lowest BCUT2D eigenvalue weighted by Crippen LogP contribution is -2.25. The molecule has 0 N–H and O–H groups in total. The van der Waals surface area contributed by atoms with Crippen molar-refractivity contribution in [3.05, 3.63) is 43.6 Å². The van der Waals surface area contributed by atoms with Crippen LogP contribution in [0.2, 0.25) is 0 Å². The first kappa shape index (κ1) is 11.7. The van der Waals surface area contributed by atoms with Gasteiger partial charge >= 0.3 is 11.4 Å². The number of aromatic nitrogens is 1. The van der Waals surface area contributed by atoms with Gasteiger partial charge in [-0.1, -0.05) is 28.8 Å². The van der Waals surface area contributed by atoms with E-state index in [-0.39, 0.29) is 0 Å². The summed E-state index contributed by atoms with van der Waals surface area (Å²) >= 11 is 3.36. The van der Waals surface area contributed by atoms with Gasteiger partial charge in [0.2, 0.25) is 0 Å². The molecule has 0 unspecified atom stereocenters. The lowest BCUT2D eigenvalue weighted by molar-refractivity contribution is 0.408. The average molecular weight is 310 g/mol. The van der Waals surface area contributed by atoms with Crippen LogP contribution in [-0.2, 0) is 6.54 Å². The van der Waals surface area contributed by atoms with Crippen LogP contribution in [0.1, 0.15) is 19.3 Å². The molecule has 4 nitrogen and oxygen atoms in total. The highest BCUT2D eigenvalue weighted by molar-refractivity contribution is 9.10. The summed E-state index contributed by atoms with van der Waals surface area (Å²) in [7, 11) is 0. The van der Waals surface area contributed by atoms with E-state index in [1.807, 2.05) is 0 Å². The van der Waals surface area contributed by atoms with Gasteiger partial charge in [-0.2, -0.15) is 0 Å². The summed E-state index contributed by atoms with van der Waals surface area (Å²) in [5.41, 5.74) is 0.0800. The molecule has 0 amide bonds.